The molecule has 2 heterocycles. The van der Waals surface area contributed by atoms with Crippen LogP contribution in [0.4, 0.5) is 19.1 Å². The van der Waals surface area contributed by atoms with Crippen LogP contribution in [-0.4, -0.2) is 50.2 Å². The van der Waals surface area contributed by atoms with Crippen molar-refractivity contribution in [2.24, 2.45) is 5.10 Å². The number of anilines is 1. The Labute approximate surface area is 152 Å². The first-order valence-corrected chi connectivity index (χ1v) is 8.35. The van der Waals surface area contributed by atoms with Gasteiger partial charge in [0.25, 0.3) is 11.9 Å². The number of halogens is 3. The highest BCUT2D eigenvalue weighted by molar-refractivity contribution is 6.37. The Morgan fingerprint density at radius 1 is 1.26 bits per heavy atom. The Balaban J connectivity index is 1.55. The number of amides is 1. The van der Waals surface area contributed by atoms with E-state index in [1.807, 2.05) is 0 Å². The molecule has 0 unspecified atom stereocenters. The molecular formula is C16H18F3N7O. The lowest BCUT2D eigenvalue weighted by molar-refractivity contribution is -0.137. The second-order valence-electron chi connectivity index (χ2n) is 6.23. The van der Waals surface area contributed by atoms with Crippen molar-refractivity contribution >= 4 is 17.6 Å². The minimum Gasteiger partial charge on any atom is -0.338 e. The Morgan fingerprint density at radius 3 is 2.48 bits per heavy atom. The van der Waals surface area contributed by atoms with Gasteiger partial charge in [-0.1, -0.05) is 17.2 Å². The number of aromatic nitrogens is 4. The van der Waals surface area contributed by atoms with E-state index < -0.39 is 11.7 Å². The number of nitrogens with zero attached hydrogens (tertiary/aromatic N) is 5. The van der Waals surface area contributed by atoms with Gasteiger partial charge < -0.3 is 4.90 Å². The molecule has 8 nitrogen and oxygen atoms in total. The number of hydrogen-bond donors (Lipinski definition) is 2. The van der Waals surface area contributed by atoms with E-state index in [0.717, 1.165) is 17.7 Å². The van der Waals surface area contributed by atoms with Crippen molar-refractivity contribution < 1.29 is 18.0 Å². The molecule has 3 rings (SSSR count). The average Bonchev–Trinajstić information content (AvgIpc) is 3.19. The molecule has 1 aromatic carbocycles. The molecule has 0 radical (unpaired) electrons. The number of carbonyl (C=O) groups excluding carboxylic acids is 1. The van der Waals surface area contributed by atoms with Crippen molar-refractivity contribution in [1.82, 2.24) is 25.5 Å². The highest BCUT2D eigenvalue weighted by atomic mass is 19.4. The van der Waals surface area contributed by atoms with E-state index in [9.17, 15) is 18.0 Å². The predicted octanol–water partition coefficient (Wildman–Crippen LogP) is 2.41. The largest absolute Gasteiger partial charge is 0.416 e. The van der Waals surface area contributed by atoms with Crippen molar-refractivity contribution in [3.8, 4) is 0 Å². The van der Waals surface area contributed by atoms with Crippen molar-refractivity contribution in [3.63, 3.8) is 0 Å². The molecular weight excluding hydrogens is 363 g/mol. The normalized spacial score (nSPS) is 16.4. The maximum atomic E-state index is 12.7. The lowest BCUT2D eigenvalue weighted by Gasteiger charge is -2.32. The summed E-state index contributed by atoms with van der Waals surface area (Å²) in [5, 5.41) is 16.9. The number of aromatic amines is 1. The van der Waals surface area contributed by atoms with Crippen LogP contribution in [0.3, 0.4) is 0 Å². The summed E-state index contributed by atoms with van der Waals surface area (Å²) in [6, 6.07) is 5.25. The third-order valence-corrected chi connectivity index (χ3v) is 4.47. The number of piperidine rings is 1. The molecule has 27 heavy (non-hydrogen) atoms. The van der Waals surface area contributed by atoms with Crippen LogP contribution in [0.25, 0.3) is 0 Å². The van der Waals surface area contributed by atoms with E-state index in [-0.39, 0.29) is 23.5 Å². The Hall–Kier alpha value is -2.98. The summed E-state index contributed by atoms with van der Waals surface area (Å²) in [5.41, 5.74) is 2.99. The fraction of sp³-hybridized carbons (Fsp3) is 0.438. The Kier molecular flexibility index (Phi) is 5.38. The number of H-pyrrole nitrogens is 1. The van der Waals surface area contributed by atoms with Crippen LogP contribution in [-0.2, 0) is 11.0 Å². The van der Waals surface area contributed by atoms with Crippen LogP contribution in [0.5, 0.6) is 0 Å². The van der Waals surface area contributed by atoms with Gasteiger partial charge in [-0.3, -0.25) is 4.79 Å². The van der Waals surface area contributed by atoms with Crippen LogP contribution < -0.4 is 5.43 Å². The number of likely N-dealkylation sites (tertiary alicyclic amines) is 1. The Morgan fingerprint density at radius 2 is 1.93 bits per heavy atom. The standard InChI is InChI=1S/C16H18F3N7O/c1-10(20-21-15-22-24-25-23-15)14(27)26-8-6-12(7-9-26)11-2-4-13(5-3-11)16(17,18)19/h2-5,12H,6-9H2,1H3,(H2,21,22,23,24,25). The number of hydrogen-bond acceptors (Lipinski definition) is 6. The SMILES string of the molecule is CC(=NNc1nn[nH]n1)C(=O)N1CCC(c2ccc(C(F)(F)F)cc2)CC1. The first-order chi connectivity index (χ1) is 12.8. The quantitative estimate of drug-likeness (QED) is 0.626. The predicted molar refractivity (Wildman–Crippen MR) is 90.9 cm³/mol. The maximum Gasteiger partial charge on any atom is 0.416 e. The van der Waals surface area contributed by atoms with Gasteiger partial charge in [-0.05, 0) is 48.6 Å². The average molecular weight is 381 g/mol. The number of hydrazone groups is 1. The number of alkyl halides is 3. The fourth-order valence-corrected chi connectivity index (χ4v) is 2.98. The van der Waals surface area contributed by atoms with Gasteiger partial charge >= 0.3 is 6.18 Å². The summed E-state index contributed by atoms with van der Waals surface area (Å²) in [5.74, 6) is 0.0751. The highest BCUT2D eigenvalue weighted by Gasteiger charge is 2.31. The molecule has 0 spiro atoms. The molecule has 1 fully saturated rings. The summed E-state index contributed by atoms with van der Waals surface area (Å²) in [6.07, 6.45) is -2.97. The second-order valence-corrected chi connectivity index (χ2v) is 6.23. The van der Waals surface area contributed by atoms with E-state index in [0.29, 0.717) is 25.9 Å². The first kappa shape index (κ1) is 18.8. The number of tetrazole rings is 1. The van der Waals surface area contributed by atoms with Gasteiger partial charge in [0.1, 0.15) is 5.71 Å². The van der Waals surface area contributed by atoms with Crippen LogP contribution in [0.1, 0.15) is 36.8 Å². The molecule has 2 N–H and O–H groups in total. The number of nitrogens with one attached hydrogen (secondary N) is 2. The molecule has 1 aliphatic heterocycles. The van der Waals surface area contributed by atoms with Crippen LogP contribution in [0, 0.1) is 0 Å². The number of carbonyl (C=O) groups is 1. The summed E-state index contributed by atoms with van der Waals surface area (Å²) in [6.45, 7) is 2.61. The lowest BCUT2D eigenvalue weighted by Crippen LogP contribution is -2.41. The van der Waals surface area contributed by atoms with E-state index in [4.69, 9.17) is 0 Å². The molecule has 2 aromatic rings. The van der Waals surface area contributed by atoms with Crippen molar-refractivity contribution in [3.05, 3.63) is 35.4 Å². The molecule has 0 bridgehead atoms. The zero-order valence-electron chi connectivity index (χ0n) is 14.5. The number of rotatable bonds is 4. The van der Waals surface area contributed by atoms with Gasteiger partial charge in [-0.2, -0.15) is 23.5 Å². The monoisotopic (exact) mass is 381 g/mol. The van der Waals surface area contributed by atoms with Gasteiger partial charge in [-0.25, -0.2) is 5.43 Å². The molecule has 0 atom stereocenters. The van der Waals surface area contributed by atoms with Gasteiger partial charge in [-0.15, -0.1) is 5.10 Å². The summed E-state index contributed by atoms with van der Waals surface area (Å²) in [4.78, 5) is 14.1. The van der Waals surface area contributed by atoms with Crippen molar-refractivity contribution in [2.45, 2.75) is 31.9 Å². The summed E-state index contributed by atoms with van der Waals surface area (Å²) in [7, 11) is 0. The molecule has 1 amide bonds. The van der Waals surface area contributed by atoms with Crippen molar-refractivity contribution in [2.75, 3.05) is 18.5 Å². The van der Waals surface area contributed by atoms with E-state index in [1.165, 1.54) is 12.1 Å². The third-order valence-electron chi connectivity index (χ3n) is 4.47. The van der Waals surface area contributed by atoms with Gasteiger partial charge in [0.2, 0.25) is 0 Å². The van der Waals surface area contributed by atoms with E-state index in [2.05, 4.69) is 31.2 Å². The zero-order chi connectivity index (χ0) is 19.4. The molecule has 0 aliphatic carbocycles. The molecule has 1 aliphatic rings. The zero-order valence-corrected chi connectivity index (χ0v) is 14.5. The van der Waals surface area contributed by atoms with Crippen molar-refractivity contribution in [1.29, 1.82) is 0 Å². The Bertz CT molecular complexity index is 794. The second kappa shape index (κ2) is 7.72. The van der Waals surface area contributed by atoms with Gasteiger partial charge in [0.15, 0.2) is 0 Å². The summed E-state index contributed by atoms with van der Waals surface area (Å²) >= 11 is 0. The first-order valence-electron chi connectivity index (χ1n) is 8.35. The fourth-order valence-electron chi connectivity index (χ4n) is 2.98. The molecule has 1 saturated heterocycles. The topological polar surface area (TPSA) is 99.2 Å². The maximum absolute atomic E-state index is 12.7. The third kappa shape index (κ3) is 4.60. The lowest BCUT2D eigenvalue weighted by atomic mass is 9.89. The number of benzene rings is 1. The minimum absolute atomic E-state index is 0.131. The van der Waals surface area contributed by atoms with Crippen LogP contribution in [0.2, 0.25) is 0 Å². The van der Waals surface area contributed by atoms with E-state index >= 15 is 0 Å². The molecule has 144 valence electrons. The molecule has 11 heteroatoms. The van der Waals surface area contributed by atoms with E-state index in [1.54, 1.807) is 11.8 Å². The summed E-state index contributed by atoms with van der Waals surface area (Å²) < 4.78 is 38.0. The van der Waals surface area contributed by atoms with Gasteiger partial charge in [0, 0.05) is 13.1 Å². The highest BCUT2D eigenvalue weighted by Crippen LogP contribution is 2.32. The molecule has 0 saturated carbocycles. The van der Waals surface area contributed by atoms with Crippen LogP contribution in [0.15, 0.2) is 29.4 Å². The molecule has 1 aromatic heterocycles. The smallest absolute Gasteiger partial charge is 0.338 e. The minimum atomic E-state index is -4.33. The van der Waals surface area contributed by atoms with Gasteiger partial charge in [0.05, 0.1) is 5.56 Å². The van der Waals surface area contributed by atoms with Crippen LogP contribution >= 0.6 is 0 Å².